The molecule has 2 atom stereocenters. The number of aromatic nitrogens is 2. The number of hydrogen-bond acceptors (Lipinski definition) is 6. The van der Waals surface area contributed by atoms with Gasteiger partial charge >= 0.3 is 6.03 Å². The van der Waals surface area contributed by atoms with E-state index in [0.717, 1.165) is 43.8 Å². The SMILES string of the molecule is CN1CCC(c2nnc([C@@H]3CC[C@@H]4CN3C(=O)N4O)o2)CC1. The van der Waals surface area contributed by atoms with Crippen molar-refractivity contribution in [3.8, 4) is 0 Å². The smallest absolute Gasteiger partial charge is 0.344 e. The van der Waals surface area contributed by atoms with E-state index in [1.807, 2.05) is 0 Å². The van der Waals surface area contributed by atoms with Crippen LogP contribution in [0.1, 0.15) is 49.4 Å². The van der Waals surface area contributed by atoms with Crippen molar-refractivity contribution in [1.29, 1.82) is 0 Å². The van der Waals surface area contributed by atoms with Crippen molar-refractivity contribution in [2.45, 2.75) is 43.7 Å². The summed E-state index contributed by atoms with van der Waals surface area (Å²) in [6.07, 6.45) is 3.56. The highest BCUT2D eigenvalue weighted by Crippen LogP contribution is 2.38. The summed E-state index contributed by atoms with van der Waals surface area (Å²) in [6.45, 7) is 2.61. The molecular weight excluding hydrogens is 286 g/mol. The van der Waals surface area contributed by atoms with Gasteiger partial charge in [-0.3, -0.25) is 5.21 Å². The molecule has 0 saturated carbocycles. The molecule has 1 N–H and O–H groups in total. The summed E-state index contributed by atoms with van der Waals surface area (Å²) in [7, 11) is 2.12. The minimum absolute atomic E-state index is 0.0972. The van der Waals surface area contributed by atoms with E-state index < -0.39 is 0 Å². The fourth-order valence-electron chi connectivity index (χ4n) is 3.71. The normalized spacial score (nSPS) is 30.4. The summed E-state index contributed by atoms with van der Waals surface area (Å²) in [5.74, 6) is 1.52. The summed E-state index contributed by atoms with van der Waals surface area (Å²) in [5, 5.41) is 19.0. The highest BCUT2D eigenvalue weighted by atomic mass is 16.5. The fourth-order valence-corrected chi connectivity index (χ4v) is 3.71. The third-order valence-corrected chi connectivity index (χ3v) is 5.15. The third kappa shape index (κ3) is 2.17. The molecule has 0 radical (unpaired) electrons. The fraction of sp³-hybridized carbons (Fsp3) is 0.786. The van der Waals surface area contributed by atoms with E-state index in [1.54, 1.807) is 4.90 Å². The average Bonchev–Trinajstić information content (AvgIpc) is 3.10. The second-order valence-electron chi connectivity index (χ2n) is 6.58. The van der Waals surface area contributed by atoms with Gasteiger partial charge in [0.15, 0.2) is 0 Å². The van der Waals surface area contributed by atoms with Crippen LogP contribution in [0.2, 0.25) is 0 Å². The van der Waals surface area contributed by atoms with Crippen LogP contribution in [0.15, 0.2) is 4.42 Å². The summed E-state index contributed by atoms with van der Waals surface area (Å²) >= 11 is 0. The Morgan fingerprint density at radius 3 is 2.64 bits per heavy atom. The van der Waals surface area contributed by atoms with Crippen molar-refractivity contribution in [2.24, 2.45) is 0 Å². The molecule has 3 aliphatic heterocycles. The van der Waals surface area contributed by atoms with Crippen molar-refractivity contribution < 1.29 is 14.4 Å². The number of hydrogen-bond donors (Lipinski definition) is 1. The number of nitrogens with zero attached hydrogens (tertiary/aromatic N) is 5. The number of likely N-dealkylation sites (tertiary alicyclic amines) is 1. The van der Waals surface area contributed by atoms with Gasteiger partial charge in [0.05, 0.1) is 6.04 Å². The van der Waals surface area contributed by atoms with Gasteiger partial charge in [0.25, 0.3) is 0 Å². The third-order valence-electron chi connectivity index (χ3n) is 5.15. The van der Waals surface area contributed by atoms with Crippen LogP contribution < -0.4 is 0 Å². The number of carbonyl (C=O) groups is 1. The largest absolute Gasteiger partial charge is 0.423 e. The molecule has 0 unspecified atom stereocenters. The number of fused-ring (bicyclic) bond motifs is 2. The molecule has 1 aromatic heterocycles. The van der Waals surface area contributed by atoms with Gasteiger partial charge in [-0.25, -0.2) is 9.86 Å². The number of amides is 2. The van der Waals surface area contributed by atoms with Crippen LogP contribution in [0.4, 0.5) is 4.79 Å². The van der Waals surface area contributed by atoms with Gasteiger partial charge in [0, 0.05) is 12.5 Å². The van der Waals surface area contributed by atoms with E-state index in [1.165, 1.54) is 0 Å². The molecule has 22 heavy (non-hydrogen) atoms. The van der Waals surface area contributed by atoms with Crippen LogP contribution in [-0.4, -0.2) is 69.0 Å². The maximum atomic E-state index is 12.0. The Labute approximate surface area is 128 Å². The van der Waals surface area contributed by atoms with Gasteiger partial charge in [-0.2, -0.15) is 0 Å². The lowest BCUT2D eigenvalue weighted by Crippen LogP contribution is -2.34. The van der Waals surface area contributed by atoms with Crippen LogP contribution in [0.3, 0.4) is 0 Å². The van der Waals surface area contributed by atoms with Crippen LogP contribution >= 0.6 is 0 Å². The van der Waals surface area contributed by atoms with Crippen LogP contribution in [0.5, 0.6) is 0 Å². The molecule has 0 spiro atoms. The zero-order valence-electron chi connectivity index (χ0n) is 12.7. The second kappa shape index (κ2) is 5.20. The van der Waals surface area contributed by atoms with Crippen molar-refractivity contribution in [3.63, 3.8) is 0 Å². The summed E-state index contributed by atoms with van der Waals surface area (Å²) in [6, 6.07) is -0.653. The molecule has 3 saturated heterocycles. The van der Waals surface area contributed by atoms with Crippen molar-refractivity contribution >= 4 is 6.03 Å². The van der Waals surface area contributed by atoms with Crippen LogP contribution in [-0.2, 0) is 0 Å². The van der Waals surface area contributed by atoms with E-state index in [9.17, 15) is 10.0 Å². The summed E-state index contributed by atoms with van der Waals surface area (Å²) < 4.78 is 5.90. The predicted molar refractivity (Wildman–Crippen MR) is 75.3 cm³/mol. The zero-order valence-corrected chi connectivity index (χ0v) is 12.7. The number of urea groups is 1. The highest BCUT2D eigenvalue weighted by Gasteiger charge is 2.46. The van der Waals surface area contributed by atoms with Gasteiger partial charge in [-0.1, -0.05) is 0 Å². The number of rotatable bonds is 2. The maximum Gasteiger partial charge on any atom is 0.344 e. The number of hydroxylamine groups is 2. The second-order valence-corrected chi connectivity index (χ2v) is 6.58. The van der Waals surface area contributed by atoms with Crippen LogP contribution in [0, 0.1) is 0 Å². The first kappa shape index (κ1) is 14.0. The molecule has 0 aromatic carbocycles. The van der Waals surface area contributed by atoms with Gasteiger partial charge < -0.3 is 14.2 Å². The quantitative estimate of drug-likeness (QED) is 0.827. The van der Waals surface area contributed by atoms with E-state index in [2.05, 4.69) is 22.1 Å². The van der Waals surface area contributed by atoms with Gasteiger partial charge in [0.1, 0.15) is 6.04 Å². The summed E-state index contributed by atoms with van der Waals surface area (Å²) in [5.41, 5.74) is 0. The lowest BCUT2D eigenvalue weighted by Gasteiger charge is -2.28. The maximum absolute atomic E-state index is 12.0. The predicted octanol–water partition coefficient (Wildman–Crippen LogP) is 1.21. The van der Waals surface area contributed by atoms with Crippen molar-refractivity contribution in [1.82, 2.24) is 25.1 Å². The van der Waals surface area contributed by atoms with E-state index in [0.29, 0.717) is 24.2 Å². The first-order valence-corrected chi connectivity index (χ1v) is 7.94. The number of carbonyl (C=O) groups excluding carboxylic acids is 1. The minimum atomic E-state index is -0.355. The first-order chi connectivity index (χ1) is 10.6. The van der Waals surface area contributed by atoms with E-state index >= 15 is 0 Å². The zero-order chi connectivity index (χ0) is 15.3. The van der Waals surface area contributed by atoms with Crippen molar-refractivity contribution in [2.75, 3.05) is 26.7 Å². The van der Waals surface area contributed by atoms with Gasteiger partial charge in [-0.05, 0) is 45.8 Å². The first-order valence-electron chi connectivity index (χ1n) is 7.94. The molecule has 3 fully saturated rings. The molecule has 120 valence electrons. The Balaban J connectivity index is 1.51. The highest BCUT2D eigenvalue weighted by molar-refractivity contribution is 5.76. The Kier molecular flexibility index (Phi) is 3.30. The monoisotopic (exact) mass is 307 g/mol. The molecule has 4 rings (SSSR count). The van der Waals surface area contributed by atoms with Gasteiger partial charge in [0.2, 0.25) is 11.8 Å². The standard InChI is InChI=1S/C14H21N5O3/c1-17-6-4-9(5-7-17)12-15-16-13(22-12)11-3-2-10-8-18(11)14(20)19(10)21/h9-11,21H,2-8H2,1H3/t10-,11+/m1/s1. The molecule has 8 nitrogen and oxygen atoms in total. The lowest BCUT2D eigenvalue weighted by molar-refractivity contribution is -0.0584. The molecule has 3 aliphatic rings. The lowest BCUT2D eigenvalue weighted by atomic mass is 9.97. The molecule has 2 bridgehead atoms. The Morgan fingerprint density at radius 1 is 1.14 bits per heavy atom. The molecule has 1 aromatic rings. The summed E-state index contributed by atoms with van der Waals surface area (Å²) in [4.78, 5) is 16.0. The van der Waals surface area contributed by atoms with E-state index in [-0.39, 0.29) is 18.1 Å². The van der Waals surface area contributed by atoms with E-state index in [4.69, 9.17) is 4.42 Å². The number of piperidine rings is 2. The molecule has 8 heteroatoms. The topological polar surface area (TPSA) is 85.9 Å². The molecule has 0 aliphatic carbocycles. The van der Waals surface area contributed by atoms with Gasteiger partial charge in [-0.15, -0.1) is 10.2 Å². The Morgan fingerprint density at radius 2 is 1.86 bits per heavy atom. The minimum Gasteiger partial charge on any atom is -0.423 e. The Bertz CT molecular complexity index is 569. The van der Waals surface area contributed by atoms with Crippen LogP contribution in [0.25, 0.3) is 0 Å². The molecular formula is C14H21N5O3. The molecule has 4 heterocycles. The average molecular weight is 307 g/mol. The molecule has 2 amide bonds. The Hall–Kier alpha value is -1.67. The van der Waals surface area contributed by atoms with Crippen molar-refractivity contribution in [3.05, 3.63) is 11.8 Å².